The Hall–Kier alpha value is -1.37. The van der Waals surface area contributed by atoms with Crippen LogP contribution in [0.3, 0.4) is 0 Å². The largest absolute Gasteiger partial charge is 0.466 e. The van der Waals surface area contributed by atoms with Crippen LogP contribution in [0.15, 0.2) is 16.7 Å². The molecule has 0 aromatic carbocycles. The minimum absolute atomic E-state index is 0.464. The molecule has 1 atom stereocenters. The van der Waals surface area contributed by atoms with E-state index >= 15 is 0 Å². The summed E-state index contributed by atoms with van der Waals surface area (Å²) in [6, 6.07) is 1.90. The van der Waals surface area contributed by atoms with Gasteiger partial charge in [0.05, 0.1) is 0 Å². The van der Waals surface area contributed by atoms with Gasteiger partial charge >= 0.3 is 0 Å². The zero-order chi connectivity index (χ0) is 17.0. The summed E-state index contributed by atoms with van der Waals surface area (Å²) >= 11 is 1.70. The number of furan rings is 1. The van der Waals surface area contributed by atoms with E-state index in [9.17, 15) is 5.11 Å². The van der Waals surface area contributed by atoms with Gasteiger partial charge in [0.15, 0.2) is 5.13 Å². The van der Waals surface area contributed by atoms with Crippen molar-refractivity contribution in [1.29, 1.82) is 0 Å². The maximum atomic E-state index is 10.7. The summed E-state index contributed by atoms with van der Waals surface area (Å²) in [6.07, 6.45) is 1.91. The Morgan fingerprint density at radius 1 is 1.35 bits per heavy atom. The molecule has 23 heavy (non-hydrogen) atoms. The lowest BCUT2D eigenvalue weighted by molar-refractivity contribution is 0.0552. The Morgan fingerprint density at radius 3 is 2.61 bits per heavy atom. The highest BCUT2D eigenvalue weighted by molar-refractivity contribution is 7.15. The van der Waals surface area contributed by atoms with E-state index in [0.29, 0.717) is 13.1 Å². The summed E-state index contributed by atoms with van der Waals surface area (Å²) < 4.78 is 5.52. The van der Waals surface area contributed by atoms with Gasteiger partial charge in [-0.1, -0.05) is 0 Å². The minimum Gasteiger partial charge on any atom is -0.466 e. The lowest BCUT2D eigenvalue weighted by Gasteiger charge is -2.23. The Balaban J connectivity index is 1.93. The van der Waals surface area contributed by atoms with Gasteiger partial charge in [-0.3, -0.25) is 0 Å². The van der Waals surface area contributed by atoms with Gasteiger partial charge in [-0.2, -0.15) is 0 Å². The fourth-order valence-corrected chi connectivity index (χ4v) is 3.72. The molecule has 0 aliphatic rings. The second-order valence-corrected chi connectivity index (χ2v) is 7.08. The van der Waals surface area contributed by atoms with Gasteiger partial charge in [-0.25, -0.2) is 4.98 Å². The lowest BCUT2D eigenvalue weighted by Crippen LogP contribution is -2.35. The fraction of sp³-hybridized carbons (Fsp3) is 0.588. The van der Waals surface area contributed by atoms with Gasteiger partial charge in [0.2, 0.25) is 0 Å². The summed E-state index contributed by atoms with van der Waals surface area (Å²) in [6.45, 7) is 12.9. The molecule has 6 heteroatoms. The van der Waals surface area contributed by atoms with Crippen LogP contribution >= 0.6 is 11.3 Å². The minimum atomic E-state index is -0.950. The van der Waals surface area contributed by atoms with E-state index in [1.165, 1.54) is 4.88 Å². The standard InChI is InChI=1S/C17H27N3O2S/c1-6-20(7-2)16-19-10-14(23-16)9-18-11-17(5,21)15-8-12(3)22-13(15)4/h8,10,18,21H,6-7,9,11H2,1-5H3. The molecule has 2 heterocycles. The van der Waals surface area contributed by atoms with Gasteiger partial charge in [0.1, 0.15) is 17.1 Å². The normalized spacial score (nSPS) is 14.0. The zero-order valence-electron chi connectivity index (χ0n) is 14.6. The number of aliphatic hydroxyl groups is 1. The highest BCUT2D eigenvalue weighted by Gasteiger charge is 2.27. The maximum Gasteiger partial charge on any atom is 0.185 e. The van der Waals surface area contributed by atoms with E-state index in [1.807, 2.05) is 33.0 Å². The predicted molar refractivity (Wildman–Crippen MR) is 95.1 cm³/mol. The Bertz CT molecular complexity index is 630. The first kappa shape index (κ1) is 18.0. The first-order valence-corrected chi connectivity index (χ1v) is 8.89. The van der Waals surface area contributed by atoms with Crippen LogP contribution in [0.1, 0.15) is 42.7 Å². The van der Waals surface area contributed by atoms with Crippen LogP contribution in [0.4, 0.5) is 5.13 Å². The quantitative estimate of drug-likeness (QED) is 0.774. The summed E-state index contributed by atoms with van der Waals surface area (Å²) in [7, 11) is 0. The molecule has 2 aromatic heterocycles. The number of rotatable bonds is 8. The maximum absolute atomic E-state index is 10.7. The zero-order valence-corrected chi connectivity index (χ0v) is 15.5. The van der Waals surface area contributed by atoms with E-state index in [-0.39, 0.29) is 0 Å². The molecule has 2 N–H and O–H groups in total. The molecule has 128 valence electrons. The van der Waals surface area contributed by atoms with Crippen molar-refractivity contribution in [3.8, 4) is 0 Å². The van der Waals surface area contributed by atoms with E-state index in [2.05, 4.69) is 29.0 Å². The molecule has 1 unspecified atom stereocenters. The predicted octanol–water partition coefficient (Wildman–Crippen LogP) is 3.20. The highest BCUT2D eigenvalue weighted by Crippen LogP contribution is 2.27. The first-order valence-electron chi connectivity index (χ1n) is 8.07. The molecule has 0 saturated heterocycles. The molecule has 0 aliphatic carbocycles. The van der Waals surface area contributed by atoms with Gasteiger partial charge in [0, 0.05) is 42.8 Å². The van der Waals surface area contributed by atoms with E-state index < -0.39 is 5.60 Å². The van der Waals surface area contributed by atoms with Crippen molar-refractivity contribution in [2.24, 2.45) is 0 Å². The molecule has 0 amide bonds. The van der Waals surface area contributed by atoms with Crippen molar-refractivity contribution in [3.05, 3.63) is 34.2 Å². The number of aryl methyl sites for hydroxylation is 2. The van der Waals surface area contributed by atoms with Crippen molar-refractivity contribution >= 4 is 16.5 Å². The van der Waals surface area contributed by atoms with Crippen LogP contribution in [0.25, 0.3) is 0 Å². The Morgan fingerprint density at radius 2 is 2.04 bits per heavy atom. The van der Waals surface area contributed by atoms with Crippen LogP contribution in [0.5, 0.6) is 0 Å². The lowest BCUT2D eigenvalue weighted by atomic mass is 9.96. The molecule has 0 radical (unpaired) electrons. The second kappa shape index (κ2) is 7.47. The molecule has 0 bridgehead atoms. The van der Waals surface area contributed by atoms with E-state index in [1.54, 1.807) is 11.3 Å². The molecule has 2 aromatic rings. The number of hydrogen-bond donors (Lipinski definition) is 2. The summed E-state index contributed by atoms with van der Waals surface area (Å²) in [5, 5.41) is 15.1. The summed E-state index contributed by atoms with van der Waals surface area (Å²) in [5.74, 6) is 1.60. The summed E-state index contributed by atoms with van der Waals surface area (Å²) in [5.41, 5.74) is -0.107. The van der Waals surface area contributed by atoms with Gasteiger partial charge in [-0.05, 0) is 40.7 Å². The molecular weight excluding hydrogens is 310 g/mol. The summed E-state index contributed by atoms with van der Waals surface area (Å²) in [4.78, 5) is 7.88. The average molecular weight is 337 g/mol. The number of anilines is 1. The number of nitrogens with zero attached hydrogens (tertiary/aromatic N) is 2. The fourth-order valence-electron chi connectivity index (χ4n) is 2.71. The molecule has 2 rings (SSSR count). The van der Waals surface area contributed by atoms with Crippen LogP contribution in [0, 0.1) is 13.8 Å². The molecule has 0 aliphatic heterocycles. The third-order valence-electron chi connectivity index (χ3n) is 3.96. The van der Waals surface area contributed by atoms with Crippen molar-refractivity contribution < 1.29 is 9.52 Å². The first-order chi connectivity index (χ1) is 10.9. The molecular formula is C17H27N3O2S. The molecule has 5 nitrogen and oxygen atoms in total. The molecule has 0 spiro atoms. The SMILES string of the molecule is CCN(CC)c1ncc(CNCC(C)(O)c2cc(C)oc2C)s1. The van der Waals surface area contributed by atoms with Gasteiger partial charge in [0.25, 0.3) is 0 Å². The van der Waals surface area contributed by atoms with Crippen LogP contribution in [-0.4, -0.2) is 29.7 Å². The second-order valence-electron chi connectivity index (χ2n) is 5.99. The van der Waals surface area contributed by atoms with Crippen molar-refractivity contribution in [2.45, 2.75) is 46.8 Å². The monoisotopic (exact) mass is 337 g/mol. The number of thiazole rings is 1. The van der Waals surface area contributed by atoms with E-state index in [0.717, 1.165) is 35.3 Å². The average Bonchev–Trinajstić information content (AvgIpc) is 3.07. The Labute approximate surface area is 142 Å². The smallest absolute Gasteiger partial charge is 0.185 e. The number of aromatic nitrogens is 1. The number of nitrogens with one attached hydrogen (secondary N) is 1. The van der Waals surface area contributed by atoms with Crippen LogP contribution in [0.2, 0.25) is 0 Å². The van der Waals surface area contributed by atoms with Crippen LogP contribution in [-0.2, 0) is 12.1 Å². The third-order valence-corrected chi connectivity index (χ3v) is 5.02. The van der Waals surface area contributed by atoms with Crippen molar-refractivity contribution in [3.63, 3.8) is 0 Å². The number of hydrogen-bond acceptors (Lipinski definition) is 6. The van der Waals surface area contributed by atoms with Gasteiger partial charge < -0.3 is 19.7 Å². The molecule has 0 fully saturated rings. The molecule has 0 saturated carbocycles. The van der Waals surface area contributed by atoms with Crippen molar-refractivity contribution in [2.75, 3.05) is 24.5 Å². The van der Waals surface area contributed by atoms with Gasteiger partial charge in [-0.15, -0.1) is 11.3 Å². The third kappa shape index (κ3) is 4.34. The van der Waals surface area contributed by atoms with Crippen molar-refractivity contribution in [1.82, 2.24) is 10.3 Å². The topological polar surface area (TPSA) is 61.5 Å². The van der Waals surface area contributed by atoms with Crippen LogP contribution < -0.4 is 10.2 Å². The Kier molecular flexibility index (Phi) is 5.84. The van der Waals surface area contributed by atoms with E-state index in [4.69, 9.17) is 4.42 Å². The highest BCUT2D eigenvalue weighted by atomic mass is 32.1.